The first-order chi connectivity index (χ1) is 26.0. The highest BCUT2D eigenvalue weighted by Crippen LogP contribution is 2.18. The van der Waals surface area contributed by atoms with Crippen molar-refractivity contribution in [2.45, 2.75) is 244 Å². The number of carbonyl (C=O) groups excluding carboxylic acids is 3. The monoisotopic (exact) mass is 769 g/mol. The maximum Gasteiger partial charge on any atom is 0.326 e. The Bertz CT molecular complexity index is 975. The molecular weight excluding hydrogens is 688 g/mol. The lowest BCUT2D eigenvalue weighted by Gasteiger charge is -2.24. The fourth-order valence-electron chi connectivity index (χ4n) is 6.76. The van der Waals surface area contributed by atoms with Crippen molar-refractivity contribution in [1.82, 2.24) is 10.6 Å². The Labute approximate surface area is 327 Å². The minimum Gasteiger partial charge on any atom is -0.481 e. The molecule has 0 aliphatic heterocycles. The number of aliphatic carboxylic acids is 2. The van der Waals surface area contributed by atoms with Gasteiger partial charge in [-0.05, 0) is 32.6 Å². The van der Waals surface area contributed by atoms with E-state index in [2.05, 4.69) is 24.5 Å². The molecule has 2 unspecified atom stereocenters. The third-order valence-corrected chi connectivity index (χ3v) is 10.2. The molecule has 2 amide bonds. The van der Waals surface area contributed by atoms with Crippen molar-refractivity contribution in [3.63, 3.8) is 0 Å². The van der Waals surface area contributed by atoms with Gasteiger partial charge in [0.1, 0.15) is 18.2 Å². The molecule has 0 aliphatic carbocycles. The number of carboxylic acid groups (broad SMARTS) is 2. The molecule has 316 valence electrons. The van der Waals surface area contributed by atoms with E-state index in [-0.39, 0.29) is 25.2 Å². The molecule has 0 aliphatic rings. The Morgan fingerprint density at radius 3 is 1.33 bits per heavy atom. The van der Waals surface area contributed by atoms with Crippen molar-refractivity contribution in [3.8, 4) is 0 Å². The van der Waals surface area contributed by atoms with Gasteiger partial charge >= 0.3 is 17.9 Å². The fraction of sp³-hybridized carbons (Fsp3) is 0.884. The van der Waals surface area contributed by atoms with Crippen LogP contribution in [-0.2, 0) is 28.7 Å². The van der Waals surface area contributed by atoms with Gasteiger partial charge in [-0.3, -0.25) is 19.2 Å². The molecular formula is C43H80N2O9. The van der Waals surface area contributed by atoms with Crippen LogP contribution in [0.5, 0.6) is 0 Å². The number of carbonyl (C=O) groups is 5. The Morgan fingerprint density at radius 2 is 0.944 bits per heavy atom. The third-order valence-electron chi connectivity index (χ3n) is 10.2. The van der Waals surface area contributed by atoms with Crippen LogP contribution in [0.1, 0.15) is 220 Å². The molecule has 54 heavy (non-hydrogen) atoms. The van der Waals surface area contributed by atoms with Gasteiger partial charge in [-0.2, -0.15) is 0 Å². The molecule has 0 aromatic carbocycles. The first kappa shape index (κ1) is 51.3. The van der Waals surface area contributed by atoms with Crippen molar-refractivity contribution in [3.05, 3.63) is 0 Å². The summed E-state index contributed by atoms with van der Waals surface area (Å²) in [6.45, 7) is 5.77. The molecule has 0 radical (unpaired) electrons. The van der Waals surface area contributed by atoms with Crippen LogP contribution < -0.4 is 10.6 Å². The molecule has 0 saturated carbocycles. The van der Waals surface area contributed by atoms with Gasteiger partial charge in [0.05, 0.1) is 12.5 Å². The minimum atomic E-state index is -1.50. The predicted octanol–water partition coefficient (Wildman–Crippen LogP) is 9.55. The van der Waals surface area contributed by atoms with Gasteiger partial charge in [0, 0.05) is 12.8 Å². The van der Waals surface area contributed by atoms with Gasteiger partial charge in [0.15, 0.2) is 0 Å². The average Bonchev–Trinajstić information content (AvgIpc) is 3.12. The molecule has 0 rings (SSSR count). The molecule has 0 spiro atoms. The Balaban J connectivity index is 4.86. The van der Waals surface area contributed by atoms with Crippen LogP contribution in [0.3, 0.4) is 0 Å². The van der Waals surface area contributed by atoms with E-state index in [1.807, 2.05) is 0 Å². The van der Waals surface area contributed by atoms with E-state index < -0.39 is 54.5 Å². The normalized spacial score (nSPS) is 13.5. The summed E-state index contributed by atoms with van der Waals surface area (Å²) < 4.78 is 5.79. The first-order valence-corrected chi connectivity index (χ1v) is 21.9. The average molecular weight is 769 g/mol. The molecule has 5 N–H and O–H groups in total. The summed E-state index contributed by atoms with van der Waals surface area (Å²) in [4.78, 5) is 61.3. The van der Waals surface area contributed by atoms with Gasteiger partial charge in [-0.1, -0.05) is 168 Å². The van der Waals surface area contributed by atoms with E-state index in [1.54, 1.807) is 0 Å². The number of esters is 1. The van der Waals surface area contributed by atoms with E-state index in [1.165, 1.54) is 122 Å². The summed E-state index contributed by atoms with van der Waals surface area (Å²) in [5.74, 6) is -4.54. The van der Waals surface area contributed by atoms with Crippen LogP contribution in [0.2, 0.25) is 0 Å². The van der Waals surface area contributed by atoms with Crippen LogP contribution in [0.4, 0.5) is 0 Å². The molecule has 0 bridgehead atoms. The van der Waals surface area contributed by atoms with Crippen molar-refractivity contribution >= 4 is 29.7 Å². The summed E-state index contributed by atoms with van der Waals surface area (Å²) in [6.07, 6.45) is 29.0. The number of aliphatic hydroxyl groups is 1. The number of rotatable bonds is 39. The van der Waals surface area contributed by atoms with Crippen molar-refractivity contribution in [2.75, 3.05) is 0 Å². The lowest BCUT2D eigenvalue weighted by Crippen LogP contribution is -2.56. The zero-order chi connectivity index (χ0) is 40.2. The largest absolute Gasteiger partial charge is 0.481 e. The number of amides is 2. The van der Waals surface area contributed by atoms with E-state index in [4.69, 9.17) is 9.84 Å². The lowest BCUT2D eigenvalue weighted by molar-refractivity contribution is -0.151. The summed E-state index contributed by atoms with van der Waals surface area (Å²) >= 11 is 0. The highest BCUT2D eigenvalue weighted by Gasteiger charge is 2.31. The maximum absolute atomic E-state index is 13.1. The maximum atomic E-state index is 13.1. The number of carboxylic acids is 2. The Hall–Kier alpha value is -2.69. The van der Waals surface area contributed by atoms with E-state index in [0.717, 1.165) is 51.4 Å². The molecule has 0 fully saturated rings. The number of unbranched alkanes of at least 4 members (excludes halogenated alkanes) is 24. The number of aliphatic hydroxyl groups excluding tert-OH is 1. The van der Waals surface area contributed by atoms with Gasteiger partial charge in [-0.25, -0.2) is 4.79 Å². The third kappa shape index (κ3) is 31.6. The van der Waals surface area contributed by atoms with Crippen LogP contribution >= 0.6 is 0 Å². The van der Waals surface area contributed by atoms with E-state index >= 15 is 0 Å². The number of hydrogen-bond donors (Lipinski definition) is 5. The fourth-order valence-corrected chi connectivity index (χ4v) is 6.76. The number of nitrogens with one attached hydrogen (secondary N) is 2. The molecule has 0 heterocycles. The summed E-state index contributed by atoms with van der Waals surface area (Å²) in [7, 11) is 0. The van der Waals surface area contributed by atoms with Gasteiger partial charge < -0.3 is 30.7 Å². The molecule has 0 aromatic rings. The number of ether oxygens (including phenoxy) is 1. The van der Waals surface area contributed by atoms with E-state index in [9.17, 15) is 34.2 Å². The SMILES string of the molecule is CCCCCCCCCCCCCCCC(=O)OC(CCCCCCCCCCCCCCC)CC(=O)N[C@H](C(=O)N[C@@H](CCC(=O)O)C(=O)O)C(C)O. The second kappa shape index (κ2) is 36.0. The predicted molar refractivity (Wildman–Crippen MR) is 215 cm³/mol. The standard InChI is InChI=1S/C43H80N2O9/c1-4-6-8-10-12-14-16-18-20-22-24-26-28-30-36(54-40(50)31-29-27-25-23-21-19-17-15-13-11-9-7-5-2)34-38(47)45-41(35(3)46)42(51)44-37(43(52)53)32-33-39(48)49/h35-37,41,46H,4-34H2,1-3H3,(H,44,51)(H,45,47)(H,48,49)(H,52,53)/t35?,36?,37-,41-/m0/s1. The topological polar surface area (TPSA) is 179 Å². The van der Waals surface area contributed by atoms with Crippen LogP contribution in [0.15, 0.2) is 0 Å². The Kier molecular flexibility index (Phi) is 34.2. The Morgan fingerprint density at radius 1 is 0.537 bits per heavy atom. The minimum absolute atomic E-state index is 0.194. The zero-order valence-corrected chi connectivity index (χ0v) is 34.5. The van der Waals surface area contributed by atoms with Crippen molar-refractivity contribution in [2.24, 2.45) is 0 Å². The lowest BCUT2D eigenvalue weighted by atomic mass is 10.0. The molecule has 0 saturated heterocycles. The van der Waals surface area contributed by atoms with Crippen molar-refractivity contribution in [1.29, 1.82) is 0 Å². The summed E-state index contributed by atoms with van der Waals surface area (Å²) in [6, 6.07) is -2.97. The molecule has 4 atom stereocenters. The molecule has 11 heteroatoms. The highest BCUT2D eigenvalue weighted by atomic mass is 16.5. The number of hydrogen-bond acceptors (Lipinski definition) is 7. The van der Waals surface area contributed by atoms with Gasteiger partial charge in [0.25, 0.3) is 0 Å². The summed E-state index contributed by atoms with van der Waals surface area (Å²) in [5.41, 5.74) is 0. The van der Waals surface area contributed by atoms with Crippen molar-refractivity contribution < 1.29 is 44.0 Å². The van der Waals surface area contributed by atoms with Gasteiger partial charge in [0.2, 0.25) is 11.8 Å². The van der Waals surface area contributed by atoms with Crippen LogP contribution in [-0.4, -0.2) is 69.3 Å². The zero-order valence-electron chi connectivity index (χ0n) is 34.5. The molecule has 0 aromatic heterocycles. The molecule has 11 nitrogen and oxygen atoms in total. The van der Waals surface area contributed by atoms with Crippen LogP contribution in [0, 0.1) is 0 Å². The van der Waals surface area contributed by atoms with Gasteiger partial charge in [-0.15, -0.1) is 0 Å². The highest BCUT2D eigenvalue weighted by molar-refractivity contribution is 5.91. The summed E-state index contributed by atoms with van der Waals surface area (Å²) in [5, 5.41) is 33.3. The second-order valence-electron chi connectivity index (χ2n) is 15.5. The quantitative estimate of drug-likeness (QED) is 0.0301. The van der Waals surface area contributed by atoms with Crippen LogP contribution in [0.25, 0.3) is 0 Å². The first-order valence-electron chi connectivity index (χ1n) is 21.9. The smallest absolute Gasteiger partial charge is 0.326 e. The second-order valence-corrected chi connectivity index (χ2v) is 15.5. The van der Waals surface area contributed by atoms with E-state index in [0.29, 0.717) is 6.42 Å².